The first-order chi connectivity index (χ1) is 12.2. The maximum absolute atomic E-state index is 6.12. The van der Waals surface area contributed by atoms with E-state index in [1.165, 1.54) is 11.1 Å². The molecule has 5 heteroatoms. The number of aromatic nitrogens is 1. The predicted molar refractivity (Wildman–Crippen MR) is 107 cm³/mol. The molecule has 0 bridgehead atoms. The summed E-state index contributed by atoms with van der Waals surface area (Å²) in [4.78, 5) is 4.35. The summed E-state index contributed by atoms with van der Waals surface area (Å²) in [6.45, 7) is 12.3. The molecule has 3 rings (SSSR count). The Bertz CT molecular complexity index is 784. The van der Waals surface area contributed by atoms with Gasteiger partial charge in [0, 0.05) is 13.2 Å². The molecule has 26 heavy (non-hydrogen) atoms. The zero-order chi connectivity index (χ0) is 18.9. The first-order valence-corrected chi connectivity index (χ1v) is 8.98. The molecule has 2 heterocycles. The van der Waals surface area contributed by atoms with Crippen LogP contribution in [-0.4, -0.2) is 30.4 Å². The lowest BCUT2D eigenvalue weighted by Crippen LogP contribution is -2.41. The second-order valence-electron chi connectivity index (χ2n) is 7.78. The summed E-state index contributed by atoms with van der Waals surface area (Å²) in [6.07, 6.45) is 2.67. The van der Waals surface area contributed by atoms with E-state index in [4.69, 9.17) is 9.31 Å². The Morgan fingerprint density at radius 2 is 1.65 bits per heavy atom. The third-order valence-electron chi connectivity index (χ3n) is 5.35. The van der Waals surface area contributed by atoms with E-state index in [2.05, 4.69) is 74.9 Å². The van der Waals surface area contributed by atoms with Crippen LogP contribution in [0.15, 0.2) is 49.2 Å². The Balaban J connectivity index is 1.72. The molecular formula is C21H27BN2O2. The standard InChI is InChI=1S/C21H27BN2O2/c1-15(23-6)19-14-17(11-12-24-19)13-16-7-9-18(10-8-16)22-25-20(2,3)21(4,5)26-22/h7-12,14,23H,1,13H2,2-6H3. The van der Waals surface area contributed by atoms with Crippen molar-refractivity contribution in [2.75, 3.05) is 7.05 Å². The van der Waals surface area contributed by atoms with Crippen LogP contribution in [0.3, 0.4) is 0 Å². The molecule has 0 atom stereocenters. The van der Waals surface area contributed by atoms with Gasteiger partial charge in [-0.25, -0.2) is 0 Å². The van der Waals surface area contributed by atoms with Crippen molar-refractivity contribution in [2.24, 2.45) is 0 Å². The lowest BCUT2D eigenvalue weighted by Gasteiger charge is -2.32. The van der Waals surface area contributed by atoms with Crippen LogP contribution < -0.4 is 10.8 Å². The van der Waals surface area contributed by atoms with Crippen LogP contribution in [0.25, 0.3) is 5.70 Å². The van der Waals surface area contributed by atoms with Crippen molar-refractivity contribution in [3.63, 3.8) is 0 Å². The third kappa shape index (κ3) is 3.69. The van der Waals surface area contributed by atoms with Gasteiger partial charge in [0.25, 0.3) is 0 Å². The van der Waals surface area contributed by atoms with Gasteiger partial charge in [-0.05, 0) is 62.8 Å². The molecule has 0 saturated carbocycles. The van der Waals surface area contributed by atoms with E-state index in [0.29, 0.717) is 0 Å². The molecular weight excluding hydrogens is 323 g/mol. The molecule has 0 spiro atoms. The number of hydrogen-bond acceptors (Lipinski definition) is 4. The smallest absolute Gasteiger partial charge is 0.399 e. The zero-order valence-electron chi connectivity index (χ0n) is 16.3. The maximum atomic E-state index is 6.12. The summed E-state index contributed by atoms with van der Waals surface area (Å²) in [5.74, 6) is 0. The van der Waals surface area contributed by atoms with E-state index in [1.807, 2.05) is 19.3 Å². The molecule has 1 saturated heterocycles. The minimum atomic E-state index is -0.320. The van der Waals surface area contributed by atoms with Gasteiger partial charge in [0.1, 0.15) is 0 Å². The largest absolute Gasteiger partial charge is 0.494 e. The monoisotopic (exact) mass is 350 g/mol. The predicted octanol–water partition coefficient (Wildman–Crippen LogP) is 3.16. The highest BCUT2D eigenvalue weighted by Crippen LogP contribution is 2.36. The van der Waals surface area contributed by atoms with Gasteiger partial charge in [-0.3, -0.25) is 4.98 Å². The molecule has 1 aromatic heterocycles. The third-order valence-corrected chi connectivity index (χ3v) is 5.35. The first kappa shape index (κ1) is 18.7. The minimum absolute atomic E-state index is 0.319. The molecule has 1 fully saturated rings. The van der Waals surface area contributed by atoms with Gasteiger partial charge >= 0.3 is 7.12 Å². The van der Waals surface area contributed by atoms with Crippen LogP contribution in [-0.2, 0) is 15.7 Å². The molecule has 1 aliphatic heterocycles. The first-order valence-electron chi connectivity index (χ1n) is 8.98. The van der Waals surface area contributed by atoms with Crippen LogP contribution in [0.1, 0.15) is 44.5 Å². The van der Waals surface area contributed by atoms with E-state index >= 15 is 0 Å². The molecule has 1 aromatic carbocycles. The van der Waals surface area contributed by atoms with Crippen molar-refractivity contribution in [1.82, 2.24) is 10.3 Å². The second kappa shape index (κ2) is 6.90. The van der Waals surface area contributed by atoms with Crippen molar-refractivity contribution in [3.05, 3.63) is 66.0 Å². The summed E-state index contributed by atoms with van der Waals surface area (Å²) >= 11 is 0. The molecule has 0 amide bonds. The fourth-order valence-electron chi connectivity index (χ4n) is 2.88. The number of pyridine rings is 1. The topological polar surface area (TPSA) is 43.4 Å². The lowest BCUT2D eigenvalue weighted by molar-refractivity contribution is 0.00578. The molecule has 2 aromatic rings. The fraction of sp³-hybridized carbons (Fsp3) is 0.381. The van der Waals surface area contributed by atoms with Crippen molar-refractivity contribution < 1.29 is 9.31 Å². The molecule has 136 valence electrons. The van der Waals surface area contributed by atoms with Gasteiger partial charge in [-0.2, -0.15) is 0 Å². The number of rotatable bonds is 5. The van der Waals surface area contributed by atoms with Gasteiger partial charge in [-0.1, -0.05) is 30.8 Å². The number of nitrogens with zero attached hydrogens (tertiary/aromatic N) is 1. The van der Waals surface area contributed by atoms with Crippen LogP contribution >= 0.6 is 0 Å². The number of nitrogens with one attached hydrogen (secondary N) is 1. The molecule has 1 N–H and O–H groups in total. The van der Waals surface area contributed by atoms with Crippen molar-refractivity contribution in [3.8, 4) is 0 Å². The van der Waals surface area contributed by atoms with E-state index in [9.17, 15) is 0 Å². The summed E-state index contributed by atoms with van der Waals surface area (Å²) in [6, 6.07) is 12.6. The van der Waals surface area contributed by atoms with Gasteiger partial charge in [-0.15, -0.1) is 0 Å². The maximum Gasteiger partial charge on any atom is 0.494 e. The Morgan fingerprint density at radius 1 is 1.04 bits per heavy atom. The molecule has 0 unspecified atom stereocenters. The Kier molecular flexibility index (Phi) is 4.95. The fourth-order valence-corrected chi connectivity index (χ4v) is 2.88. The zero-order valence-corrected chi connectivity index (χ0v) is 16.3. The molecule has 0 aliphatic carbocycles. The van der Waals surface area contributed by atoms with Gasteiger partial charge in [0.15, 0.2) is 0 Å². The van der Waals surface area contributed by atoms with E-state index in [1.54, 1.807) is 0 Å². The van der Waals surface area contributed by atoms with Gasteiger partial charge in [0.2, 0.25) is 0 Å². The van der Waals surface area contributed by atoms with Crippen molar-refractivity contribution in [2.45, 2.75) is 45.3 Å². The quantitative estimate of drug-likeness (QED) is 0.842. The highest BCUT2D eigenvalue weighted by molar-refractivity contribution is 6.62. The Hall–Kier alpha value is -2.11. The average molecular weight is 350 g/mol. The van der Waals surface area contributed by atoms with Gasteiger partial charge in [0.05, 0.1) is 22.6 Å². The molecule has 1 aliphatic rings. The SMILES string of the molecule is C=C(NC)c1cc(Cc2ccc(B3OC(C)(C)C(C)(C)O3)cc2)ccn1. The highest BCUT2D eigenvalue weighted by Gasteiger charge is 2.51. The molecule has 0 radical (unpaired) electrons. The van der Waals surface area contributed by atoms with Crippen LogP contribution in [0.2, 0.25) is 0 Å². The summed E-state index contributed by atoms with van der Waals surface area (Å²) < 4.78 is 12.2. The van der Waals surface area contributed by atoms with Crippen molar-refractivity contribution in [1.29, 1.82) is 0 Å². The lowest BCUT2D eigenvalue weighted by atomic mass is 9.78. The normalized spacial score (nSPS) is 18.0. The van der Waals surface area contributed by atoms with Crippen LogP contribution in [0.4, 0.5) is 0 Å². The number of hydrogen-bond donors (Lipinski definition) is 1. The van der Waals surface area contributed by atoms with E-state index in [-0.39, 0.29) is 18.3 Å². The second-order valence-corrected chi connectivity index (χ2v) is 7.78. The Labute approximate surface area is 156 Å². The molecule has 4 nitrogen and oxygen atoms in total. The average Bonchev–Trinajstić information content (AvgIpc) is 2.83. The van der Waals surface area contributed by atoms with E-state index in [0.717, 1.165) is 23.3 Å². The van der Waals surface area contributed by atoms with E-state index < -0.39 is 0 Å². The van der Waals surface area contributed by atoms with Crippen LogP contribution in [0, 0.1) is 0 Å². The van der Waals surface area contributed by atoms with Gasteiger partial charge < -0.3 is 14.6 Å². The summed E-state index contributed by atoms with van der Waals surface area (Å²) in [5, 5.41) is 3.04. The Morgan fingerprint density at radius 3 is 2.23 bits per heavy atom. The van der Waals surface area contributed by atoms with Crippen molar-refractivity contribution >= 4 is 18.3 Å². The minimum Gasteiger partial charge on any atom is -0.399 e. The van der Waals surface area contributed by atoms with Crippen LogP contribution in [0.5, 0.6) is 0 Å². The number of benzene rings is 1. The summed E-state index contributed by atoms with van der Waals surface area (Å²) in [5.41, 5.74) is 4.54. The highest BCUT2D eigenvalue weighted by atomic mass is 16.7. The summed E-state index contributed by atoms with van der Waals surface area (Å²) in [7, 11) is 1.53.